The van der Waals surface area contributed by atoms with Crippen LogP contribution < -0.4 is 0 Å². The van der Waals surface area contributed by atoms with Crippen LogP contribution >= 0.6 is 11.3 Å². The van der Waals surface area contributed by atoms with Gasteiger partial charge in [0.2, 0.25) is 5.71 Å². The molecule has 25 rings (SSSR count). The molecule has 0 aliphatic heterocycles. The molecule has 1 aliphatic carbocycles. The number of nitrogens with zero attached hydrogens (tertiary/aromatic N) is 4. The lowest BCUT2D eigenvalue weighted by Gasteiger charge is -2.21. The topological polar surface area (TPSA) is 117 Å². The molecule has 0 bridgehead atoms. The van der Waals surface area contributed by atoms with Crippen LogP contribution in [0.1, 0.15) is 25.0 Å². The maximum Gasteiger partial charge on any atom is 0.231 e. The molecule has 10 heteroatoms. The summed E-state index contributed by atoms with van der Waals surface area (Å²) >= 11 is 1.70. The molecular weight excluding hydrogens is 1450 g/mol. The average molecular weight is 1520 g/mol. The molecule has 8 heterocycles. The number of fused-ring (bicyclic) bond motifs is 21. The van der Waals surface area contributed by atoms with Crippen LogP contribution in [0.3, 0.4) is 0 Å². The van der Waals surface area contributed by atoms with Crippen LogP contribution in [0.2, 0.25) is 0 Å². The second-order valence-corrected chi connectivity index (χ2v) is 32.4. The molecule has 0 radical (unpaired) electrons. The largest absolute Gasteiger partial charge is 0.456 e. The van der Waals surface area contributed by atoms with E-state index in [4.69, 9.17) is 42.0 Å². The minimum atomic E-state index is -0.0850. The summed E-state index contributed by atoms with van der Waals surface area (Å²) in [5, 5.41) is 11.8. The quantitative estimate of drug-likeness (QED) is 0.132. The van der Waals surface area contributed by atoms with Gasteiger partial charge < -0.3 is 22.1 Å². The van der Waals surface area contributed by atoms with Crippen molar-refractivity contribution in [2.24, 2.45) is 0 Å². The first kappa shape index (κ1) is 65.4. The highest BCUT2D eigenvalue weighted by Crippen LogP contribution is 2.52. The van der Waals surface area contributed by atoms with E-state index in [1.54, 1.807) is 11.3 Å². The third kappa shape index (κ3) is 10.1. The van der Waals surface area contributed by atoms with Crippen molar-refractivity contribution in [3.8, 4) is 123 Å². The Morgan fingerprint density at radius 3 is 1.39 bits per heavy atom. The summed E-state index contributed by atoms with van der Waals surface area (Å²) in [6.45, 7) is 4.66. The number of hydrogen-bond acceptors (Lipinski definition) is 10. The predicted molar refractivity (Wildman–Crippen MR) is 479 cm³/mol. The van der Waals surface area contributed by atoms with Gasteiger partial charge >= 0.3 is 0 Å². The summed E-state index contributed by atoms with van der Waals surface area (Å²) in [7, 11) is 0. The Kier molecular flexibility index (Phi) is 14.0. The zero-order valence-corrected chi connectivity index (χ0v) is 63.9. The number of aromatic nitrogens is 4. The number of thiophene rings is 1. The van der Waals surface area contributed by atoms with Crippen LogP contribution in [0.4, 0.5) is 0 Å². The molecule has 0 amide bonds. The maximum atomic E-state index is 6.94. The van der Waals surface area contributed by atoms with E-state index in [2.05, 4.69) is 305 Å². The van der Waals surface area contributed by atoms with Gasteiger partial charge in [-0.05, 0) is 193 Å². The Labute approximate surface area is 672 Å². The van der Waals surface area contributed by atoms with E-state index in [0.717, 1.165) is 219 Å². The van der Waals surface area contributed by atoms with E-state index >= 15 is 0 Å². The highest BCUT2D eigenvalue weighted by Gasteiger charge is 2.36. The van der Waals surface area contributed by atoms with Crippen molar-refractivity contribution in [2.45, 2.75) is 19.3 Å². The summed E-state index contributed by atoms with van der Waals surface area (Å²) in [4.78, 5) is 23.1. The Morgan fingerprint density at radius 2 is 0.675 bits per heavy atom. The second-order valence-electron chi connectivity index (χ2n) is 31.4. The SMILES string of the molecule is CC1(C)c2ccccc2-c2cc(-c3ccc4oc5cccc(-c6nc(-c7ccc(-c8cccc(-c9cc(-c%10ccc%11oc%12cccc(-c%13nc(-c%14ccc%15c(c%14)oc%14ccccc%14%15)c%14c(n%13)oc%13ccc(-c%15ccccc%15)cc%13%14)c%12c%11c%10)cc%10c9oc9ccccc9%10)c8)cc7)c7c(n6)sc6ccc(-c8ccccc8)cc67)c5c4c3)ccc21. The van der Waals surface area contributed by atoms with Crippen LogP contribution in [0, 0.1) is 0 Å². The molecule has 0 saturated heterocycles. The zero-order valence-electron chi connectivity index (χ0n) is 63.1. The lowest BCUT2D eigenvalue weighted by molar-refractivity contribution is 0.653. The fourth-order valence-corrected chi connectivity index (χ4v) is 19.7. The van der Waals surface area contributed by atoms with Gasteiger partial charge in [-0.15, -0.1) is 11.3 Å². The minimum Gasteiger partial charge on any atom is -0.456 e. The van der Waals surface area contributed by atoms with Crippen molar-refractivity contribution in [2.75, 3.05) is 0 Å². The average Bonchev–Trinajstić information content (AvgIpc) is 1.51. The smallest absolute Gasteiger partial charge is 0.231 e. The molecule has 8 aromatic heterocycles. The van der Waals surface area contributed by atoms with E-state index < -0.39 is 0 Å². The number of rotatable bonds is 10. The summed E-state index contributed by atoms with van der Waals surface area (Å²) in [5.41, 5.74) is 30.7. The first-order chi connectivity index (χ1) is 57.7. The molecule has 0 unspecified atom stereocenters. The van der Waals surface area contributed by atoms with Crippen molar-refractivity contribution in [3.05, 3.63) is 351 Å². The predicted octanol–water partition coefficient (Wildman–Crippen LogP) is 30.1. The number of benzene rings is 16. The van der Waals surface area contributed by atoms with Gasteiger partial charge in [-0.2, -0.15) is 4.98 Å². The van der Waals surface area contributed by atoms with E-state index in [1.807, 2.05) is 48.5 Å². The number of hydrogen-bond donors (Lipinski definition) is 0. The van der Waals surface area contributed by atoms with Gasteiger partial charge in [0.25, 0.3) is 0 Å². The van der Waals surface area contributed by atoms with E-state index in [-0.39, 0.29) is 5.41 Å². The molecule has 9 nitrogen and oxygen atoms in total. The van der Waals surface area contributed by atoms with Gasteiger partial charge in [0, 0.05) is 97.2 Å². The maximum absolute atomic E-state index is 6.94. The lowest BCUT2D eigenvalue weighted by atomic mass is 9.82. The molecule has 16 aromatic carbocycles. The van der Waals surface area contributed by atoms with Crippen LogP contribution in [-0.2, 0) is 5.41 Å². The van der Waals surface area contributed by atoms with Crippen LogP contribution in [0.25, 0.3) is 253 Å². The van der Waals surface area contributed by atoms with Gasteiger partial charge in [-0.1, -0.05) is 244 Å². The first-order valence-corrected chi connectivity index (χ1v) is 40.3. The third-order valence-corrected chi connectivity index (χ3v) is 25.5. The third-order valence-electron chi connectivity index (χ3n) is 24.4. The molecule has 1 aliphatic rings. The summed E-state index contributed by atoms with van der Waals surface area (Å²) in [5.74, 6) is 1.14. The second kappa shape index (κ2) is 24.9. The Hall–Kier alpha value is -15.1. The van der Waals surface area contributed by atoms with Gasteiger partial charge in [-0.25, -0.2) is 15.0 Å². The van der Waals surface area contributed by atoms with Gasteiger partial charge in [0.05, 0.1) is 16.8 Å². The monoisotopic (exact) mass is 1510 g/mol. The molecule has 0 fully saturated rings. The zero-order chi connectivity index (χ0) is 76.9. The summed E-state index contributed by atoms with van der Waals surface area (Å²) in [6, 6.07) is 120. The summed E-state index contributed by atoms with van der Waals surface area (Å²) < 4.78 is 35.0. The molecule has 0 atom stereocenters. The van der Waals surface area contributed by atoms with Crippen molar-refractivity contribution in [1.82, 2.24) is 19.9 Å². The van der Waals surface area contributed by atoms with Crippen molar-refractivity contribution in [3.63, 3.8) is 0 Å². The lowest BCUT2D eigenvalue weighted by Crippen LogP contribution is -2.14. The number of para-hydroxylation sites is 2. The Morgan fingerprint density at radius 1 is 0.231 bits per heavy atom. The molecular formula is C107H62N4O5S. The normalized spacial score (nSPS) is 12.8. The highest BCUT2D eigenvalue weighted by atomic mass is 32.1. The first-order valence-electron chi connectivity index (χ1n) is 39.5. The Balaban J connectivity index is 0.603. The van der Waals surface area contributed by atoms with E-state index in [1.165, 1.54) is 22.3 Å². The van der Waals surface area contributed by atoms with Crippen molar-refractivity contribution in [1.29, 1.82) is 0 Å². The van der Waals surface area contributed by atoms with E-state index in [9.17, 15) is 0 Å². The Bertz CT molecular complexity index is 8360. The van der Waals surface area contributed by atoms with Crippen LogP contribution in [0.5, 0.6) is 0 Å². The minimum absolute atomic E-state index is 0.0850. The van der Waals surface area contributed by atoms with Crippen LogP contribution in [0.15, 0.2) is 362 Å². The molecule has 0 N–H and O–H groups in total. The van der Waals surface area contributed by atoms with Crippen molar-refractivity contribution < 1.29 is 22.1 Å². The fraction of sp³-hybridized carbons (Fsp3) is 0.0280. The molecule has 117 heavy (non-hydrogen) atoms. The van der Waals surface area contributed by atoms with Crippen molar-refractivity contribution >= 4 is 141 Å². The molecule has 0 spiro atoms. The standard InChI is InChI=1S/C107H62N4O5S/c1-107(2)85-29-12-9-24-72(85)79-51-66(39-45-86(79)107)67-41-46-89-81(53-67)97-77(28-17-33-93(97)112-89)104-108-100(99-84-55-65(60-20-7-4-8-21-60)43-49-95(84)117-106(99)111-104)62-36-34-61(35-37-62)63-22-15-23-69(50-63)78-56-71(57-80-74-26-11-14-31-88(74)115-102(78)80)68-42-47-90-82(54-68)96-76(27-16-32-92(96)113-90)103-109-101(70-38-44-75-73-25-10-13-30-87(73)114-94(75)58-70)98-83-52-64(59-18-5-3-6-19-59)40-48-91(83)116-105(98)110-103/h3-58H,1-2H3. The number of furan rings is 5. The van der Waals surface area contributed by atoms with Gasteiger partial charge in [0.15, 0.2) is 11.6 Å². The highest BCUT2D eigenvalue weighted by molar-refractivity contribution is 7.25. The van der Waals surface area contributed by atoms with Crippen LogP contribution in [-0.4, -0.2) is 19.9 Å². The van der Waals surface area contributed by atoms with E-state index in [0.29, 0.717) is 22.9 Å². The molecule has 546 valence electrons. The molecule has 24 aromatic rings. The molecule has 0 saturated carbocycles. The van der Waals surface area contributed by atoms with Gasteiger partial charge in [0.1, 0.15) is 55.1 Å². The fourth-order valence-electron chi connectivity index (χ4n) is 18.7. The summed E-state index contributed by atoms with van der Waals surface area (Å²) in [6.07, 6.45) is 0. The van der Waals surface area contributed by atoms with Gasteiger partial charge in [-0.3, -0.25) is 0 Å².